The molecule has 1 aliphatic heterocycles. The molecule has 3 aromatic rings. The lowest BCUT2D eigenvalue weighted by Crippen LogP contribution is -2.36. The molecule has 0 atom stereocenters. The quantitative estimate of drug-likeness (QED) is 0.544. The van der Waals surface area contributed by atoms with Gasteiger partial charge in [0.25, 0.3) is 0 Å². The number of hydrogen-bond acceptors (Lipinski definition) is 7. The van der Waals surface area contributed by atoms with Crippen LogP contribution in [-0.4, -0.2) is 35.5 Å². The molecule has 1 saturated heterocycles. The van der Waals surface area contributed by atoms with Crippen molar-refractivity contribution in [3.63, 3.8) is 0 Å². The van der Waals surface area contributed by atoms with Gasteiger partial charge in [0.1, 0.15) is 5.52 Å². The first-order chi connectivity index (χ1) is 14.7. The number of hydrogen-bond donors (Lipinski definition) is 3. The van der Waals surface area contributed by atoms with Gasteiger partial charge in [-0.3, -0.25) is 4.79 Å². The van der Waals surface area contributed by atoms with Gasteiger partial charge in [-0.05, 0) is 56.0 Å². The second kappa shape index (κ2) is 9.13. The molecule has 2 aromatic heterocycles. The third-order valence-corrected chi connectivity index (χ3v) is 5.43. The number of furan rings is 1. The lowest BCUT2D eigenvalue weighted by molar-refractivity contribution is -0.116. The molecule has 158 valence electrons. The van der Waals surface area contributed by atoms with Gasteiger partial charge < -0.3 is 25.7 Å². The van der Waals surface area contributed by atoms with Crippen LogP contribution in [0.3, 0.4) is 0 Å². The summed E-state index contributed by atoms with van der Waals surface area (Å²) in [4.78, 5) is 23.3. The van der Waals surface area contributed by atoms with Gasteiger partial charge in [-0.2, -0.15) is 4.98 Å². The van der Waals surface area contributed by atoms with Crippen LogP contribution in [0.15, 0.2) is 41.0 Å². The van der Waals surface area contributed by atoms with E-state index in [9.17, 15) is 4.79 Å². The number of carbonyl (C=O) groups excluding carboxylic acids is 1. The summed E-state index contributed by atoms with van der Waals surface area (Å²) in [5.74, 6) is 1.92. The third kappa shape index (κ3) is 4.54. The van der Waals surface area contributed by atoms with Gasteiger partial charge in [-0.25, -0.2) is 4.98 Å². The van der Waals surface area contributed by atoms with Crippen LogP contribution in [0, 0.1) is 5.92 Å². The molecule has 0 bridgehead atoms. The largest absolute Gasteiger partial charge is 0.459 e. The predicted molar refractivity (Wildman–Crippen MR) is 119 cm³/mol. The van der Waals surface area contributed by atoms with Gasteiger partial charge in [0.2, 0.25) is 11.9 Å². The van der Waals surface area contributed by atoms with Gasteiger partial charge in [0, 0.05) is 37.0 Å². The van der Waals surface area contributed by atoms with Crippen molar-refractivity contribution in [1.29, 1.82) is 0 Å². The fraction of sp³-hybridized carbons (Fsp3) is 0.409. The van der Waals surface area contributed by atoms with E-state index >= 15 is 0 Å². The smallest absolute Gasteiger partial charge is 0.229 e. The van der Waals surface area contributed by atoms with Crippen LogP contribution in [0.2, 0.25) is 0 Å². The second-order valence-electron chi connectivity index (χ2n) is 7.67. The Morgan fingerprint density at radius 3 is 2.60 bits per heavy atom. The molecule has 1 aromatic carbocycles. The van der Waals surface area contributed by atoms with Crippen molar-refractivity contribution in [3.8, 4) is 0 Å². The molecule has 0 aliphatic carbocycles. The molecule has 8 heteroatoms. The molecule has 4 N–H and O–H groups in total. The second-order valence-corrected chi connectivity index (χ2v) is 7.67. The molecule has 4 rings (SSSR count). The fourth-order valence-electron chi connectivity index (χ4n) is 3.72. The lowest BCUT2D eigenvalue weighted by Gasteiger charge is -2.32. The summed E-state index contributed by atoms with van der Waals surface area (Å²) in [6.07, 6.45) is 5.09. The van der Waals surface area contributed by atoms with Gasteiger partial charge in [-0.15, -0.1) is 0 Å². The molecule has 0 radical (unpaired) electrons. The van der Waals surface area contributed by atoms with Crippen molar-refractivity contribution in [2.24, 2.45) is 11.7 Å². The Labute approximate surface area is 175 Å². The zero-order valence-corrected chi connectivity index (χ0v) is 17.2. The van der Waals surface area contributed by atoms with Crippen LogP contribution >= 0.6 is 0 Å². The Morgan fingerprint density at radius 1 is 1.17 bits per heavy atom. The van der Waals surface area contributed by atoms with Gasteiger partial charge in [-0.1, -0.05) is 6.92 Å². The van der Waals surface area contributed by atoms with Gasteiger partial charge >= 0.3 is 0 Å². The summed E-state index contributed by atoms with van der Waals surface area (Å²) in [5, 5.41) is 6.16. The van der Waals surface area contributed by atoms with Gasteiger partial charge in [0.05, 0.1) is 6.26 Å². The van der Waals surface area contributed by atoms with E-state index in [0.717, 1.165) is 61.6 Å². The van der Waals surface area contributed by atoms with E-state index in [1.165, 1.54) is 0 Å². The SMILES string of the molecule is CCCC(=O)Nc1ccc(Nc2nc(N3CCC(CN)CC3)c3occc3n2)cc1. The van der Waals surface area contributed by atoms with Crippen LogP contribution in [0.5, 0.6) is 0 Å². The van der Waals surface area contributed by atoms with Crippen molar-refractivity contribution in [2.75, 3.05) is 35.2 Å². The normalized spacial score (nSPS) is 14.8. The highest BCUT2D eigenvalue weighted by molar-refractivity contribution is 5.91. The Hall–Kier alpha value is -3.13. The average Bonchev–Trinajstić information content (AvgIpc) is 3.23. The first-order valence-corrected chi connectivity index (χ1v) is 10.5. The molecule has 3 heterocycles. The van der Waals surface area contributed by atoms with E-state index in [4.69, 9.17) is 15.1 Å². The maximum atomic E-state index is 11.7. The van der Waals surface area contributed by atoms with Crippen molar-refractivity contribution < 1.29 is 9.21 Å². The van der Waals surface area contributed by atoms with Crippen LogP contribution in [0.4, 0.5) is 23.1 Å². The number of benzene rings is 1. The summed E-state index contributed by atoms with van der Waals surface area (Å²) < 4.78 is 5.67. The first-order valence-electron chi connectivity index (χ1n) is 10.5. The van der Waals surface area contributed by atoms with E-state index in [1.54, 1.807) is 6.26 Å². The van der Waals surface area contributed by atoms with E-state index in [1.807, 2.05) is 37.3 Å². The number of nitrogens with zero attached hydrogens (tertiary/aromatic N) is 3. The minimum Gasteiger partial charge on any atom is -0.459 e. The number of fused-ring (bicyclic) bond motifs is 1. The van der Waals surface area contributed by atoms with Crippen LogP contribution < -0.4 is 21.3 Å². The highest BCUT2D eigenvalue weighted by atomic mass is 16.3. The fourth-order valence-corrected chi connectivity index (χ4v) is 3.72. The first kappa shape index (κ1) is 20.2. The molecule has 1 aliphatic rings. The summed E-state index contributed by atoms with van der Waals surface area (Å²) in [6, 6.07) is 9.38. The Bertz CT molecular complexity index is 993. The molecule has 30 heavy (non-hydrogen) atoms. The summed E-state index contributed by atoms with van der Waals surface area (Å²) in [5.41, 5.74) is 8.93. The van der Waals surface area contributed by atoms with E-state index in [2.05, 4.69) is 20.5 Å². The molecule has 0 saturated carbocycles. The molecule has 1 fully saturated rings. The molecule has 0 unspecified atom stereocenters. The number of nitrogens with one attached hydrogen (secondary N) is 2. The third-order valence-electron chi connectivity index (χ3n) is 5.43. The van der Waals surface area contributed by atoms with Crippen LogP contribution in [0.25, 0.3) is 11.1 Å². The number of aromatic nitrogens is 2. The molecular formula is C22H28N6O2. The minimum absolute atomic E-state index is 0.0231. The van der Waals surface area contributed by atoms with E-state index in [-0.39, 0.29) is 5.91 Å². The highest BCUT2D eigenvalue weighted by Gasteiger charge is 2.23. The predicted octanol–water partition coefficient (Wildman–Crippen LogP) is 3.88. The summed E-state index contributed by atoms with van der Waals surface area (Å²) in [7, 11) is 0. The Morgan fingerprint density at radius 2 is 1.90 bits per heavy atom. The molecule has 0 spiro atoms. The monoisotopic (exact) mass is 408 g/mol. The van der Waals surface area contributed by atoms with Crippen molar-refractivity contribution >= 4 is 40.1 Å². The number of carbonyl (C=O) groups is 1. The number of rotatable bonds is 7. The molecular weight excluding hydrogens is 380 g/mol. The van der Waals surface area contributed by atoms with E-state index < -0.39 is 0 Å². The zero-order chi connectivity index (χ0) is 20.9. The highest BCUT2D eigenvalue weighted by Crippen LogP contribution is 2.30. The topological polar surface area (TPSA) is 109 Å². The summed E-state index contributed by atoms with van der Waals surface area (Å²) >= 11 is 0. The number of nitrogens with two attached hydrogens (primary N) is 1. The number of anilines is 4. The van der Waals surface area contributed by atoms with Gasteiger partial charge in [0.15, 0.2) is 11.4 Å². The maximum Gasteiger partial charge on any atom is 0.229 e. The average molecular weight is 409 g/mol. The number of piperidine rings is 1. The Kier molecular flexibility index (Phi) is 6.13. The molecule has 8 nitrogen and oxygen atoms in total. The van der Waals surface area contributed by atoms with Crippen LogP contribution in [-0.2, 0) is 4.79 Å². The number of amides is 1. The minimum atomic E-state index is 0.0231. The van der Waals surface area contributed by atoms with Crippen molar-refractivity contribution in [3.05, 3.63) is 36.6 Å². The van der Waals surface area contributed by atoms with Crippen LogP contribution in [0.1, 0.15) is 32.6 Å². The Balaban J connectivity index is 1.51. The zero-order valence-electron chi connectivity index (χ0n) is 17.2. The van der Waals surface area contributed by atoms with E-state index in [0.29, 0.717) is 23.9 Å². The standard InChI is InChI=1S/C22H28N6O2/c1-2-3-19(29)24-16-4-6-17(7-5-16)25-22-26-18-10-13-30-20(18)21(27-22)28-11-8-15(14-23)9-12-28/h4-7,10,13,15H,2-3,8-9,11-12,14,23H2,1H3,(H,24,29)(H,25,26,27). The summed E-state index contributed by atoms with van der Waals surface area (Å²) in [6.45, 7) is 4.52. The maximum absolute atomic E-state index is 11.7. The van der Waals surface area contributed by atoms with Crippen molar-refractivity contribution in [2.45, 2.75) is 32.6 Å². The van der Waals surface area contributed by atoms with Crippen molar-refractivity contribution in [1.82, 2.24) is 9.97 Å². The molecule has 1 amide bonds. The lowest BCUT2D eigenvalue weighted by atomic mass is 9.97.